The van der Waals surface area contributed by atoms with Gasteiger partial charge in [0.1, 0.15) is 6.10 Å². The molecule has 198 valence electrons. The Kier molecular flexibility index (Phi) is 6.40. The molecule has 4 aliphatic rings. The van der Waals surface area contributed by atoms with E-state index < -0.39 is 0 Å². The number of nitrogens with zero attached hydrogens (tertiary/aromatic N) is 3. The van der Waals surface area contributed by atoms with E-state index in [1.165, 1.54) is 12.0 Å². The predicted octanol–water partition coefficient (Wildman–Crippen LogP) is 5.75. The molecule has 1 amide bonds. The molecule has 7 heteroatoms. The molecular weight excluding hydrogens is 476 g/mol. The number of nitrogens with one attached hydrogen (secondary N) is 1. The monoisotopic (exact) mass is 512 g/mol. The van der Waals surface area contributed by atoms with Crippen LogP contribution in [-0.2, 0) is 4.74 Å². The molecule has 2 aromatic heterocycles. The van der Waals surface area contributed by atoms with Gasteiger partial charge in [-0.05, 0) is 92.4 Å². The van der Waals surface area contributed by atoms with Gasteiger partial charge in [-0.2, -0.15) is 5.10 Å². The molecule has 0 radical (unpaired) electrons. The van der Waals surface area contributed by atoms with Gasteiger partial charge in [-0.25, -0.2) is 10.2 Å². The number of fused-ring (bicyclic) bond motifs is 5. The molecule has 7 nitrogen and oxygen atoms in total. The molecule has 0 aromatic carbocycles. The summed E-state index contributed by atoms with van der Waals surface area (Å²) in [6.45, 7) is 4.82. The molecule has 6 rings (SSSR count). The van der Waals surface area contributed by atoms with Crippen molar-refractivity contribution in [3.63, 3.8) is 0 Å². The number of carbonyl (C=O) groups excluding carboxylic acids is 2. The van der Waals surface area contributed by atoms with Gasteiger partial charge < -0.3 is 4.74 Å². The SMILES string of the molecule is C[C@]12CC[C@H](OC(=O)c3cccnc3)CC1=CC[C@@H]1[C@H]2CC[C@]2(C)C(=NNC(=O)c3cccnc3)CC[C@@H]12. The molecule has 4 aliphatic carbocycles. The van der Waals surface area contributed by atoms with Crippen LogP contribution in [0.15, 0.2) is 65.8 Å². The molecule has 0 unspecified atom stereocenters. The van der Waals surface area contributed by atoms with E-state index in [-0.39, 0.29) is 28.8 Å². The van der Waals surface area contributed by atoms with Gasteiger partial charge in [0.05, 0.1) is 11.1 Å². The van der Waals surface area contributed by atoms with Crippen molar-refractivity contribution < 1.29 is 14.3 Å². The number of pyridine rings is 2. The quantitative estimate of drug-likeness (QED) is 0.320. The lowest BCUT2D eigenvalue weighted by Crippen LogP contribution is -2.50. The summed E-state index contributed by atoms with van der Waals surface area (Å²) in [5, 5.41) is 4.68. The van der Waals surface area contributed by atoms with Gasteiger partial charge in [-0.15, -0.1) is 0 Å². The minimum atomic E-state index is -0.275. The third kappa shape index (κ3) is 4.26. The van der Waals surface area contributed by atoms with Crippen molar-refractivity contribution in [3.05, 3.63) is 71.8 Å². The average molecular weight is 513 g/mol. The van der Waals surface area contributed by atoms with E-state index in [1.807, 2.05) is 0 Å². The maximum absolute atomic E-state index is 12.6. The zero-order valence-corrected chi connectivity index (χ0v) is 22.2. The van der Waals surface area contributed by atoms with Gasteiger partial charge in [0.2, 0.25) is 0 Å². The van der Waals surface area contributed by atoms with Crippen molar-refractivity contribution >= 4 is 17.6 Å². The van der Waals surface area contributed by atoms with Gasteiger partial charge in [0.25, 0.3) is 5.91 Å². The fourth-order valence-corrected chi connectivity index (χ4v) is 8.08. The summed E-state index contributed by atoms with van der Waals surface area (Å²) in [6, 6.07) is 7.05. The second-order valence-electron chi connectivity index (χ2n) is 12.0. The van der Waals surface area contributed by atoms with E-state index in [9.17, 15) is 9.59 Å². The molecule has 38 heavy (non-hydrogen) atoms. The highest BCUT2D eigenvalue weighted by Crippen LogP contribution is 2.64. The third-order valence-electron chi connectivity index (χ3n) is 10.2. The Bertz CT molecular complexity index is 1280. The van der Waals surface area contributed by atoms with Crippen molar-refractivity contribution in [1.29, 1.82) is 0 Å². The number of amides is 1. The van der Waals surface area contributed by atoms with Crippen LogP contribution < -0.4 is 5.43 Å². The number of carbonyl (C=O) groups is 2. The van der Waals surface area contributed by atoms with Crippen LogP contribution in [0.4, 0.5) is 0 Å². The number of esters is 1. The average Bonchev–Trinajstić information content (AvgIpc) is 3.29. The molecule has 0 spiro atoms. The Morgan fingerprint density at radius 3 is 2.42 bits per heavy atom. The zero-order chi connectivity index (χ0) is 26.3. The first-order valence-corrected chi connectivity index (χ1v) is 14.0. The number of hydrogen-bond donors (Lipinski definition) is 1. The molecule has 1 N–H and O–H groups in total. The first-order chi connectivity index (χ1) is 18.4. The Morgan fingerprint density at radius 1 is 0.974 bits per heavy atom. The predicted molar refractivity (Wildman–Crippen MR) is 144 cm³/mol. The molecule has 0 bridgehead atoms. The first-order valence-electron chi connectivity index (χ1n) is 14.0. The van der Waals surface area contributed by atoms with Crippen molar-refractivity contribution in [2.45, 2.75) is 71.3 Å². The maximum atomic E-state index is 12.6. The van der Waals surface area contributed by atoms with E-state index >= 15 is 0 Å². The summed E-state index contributed by atoms with van der Waals surface area (Å²) in [5.74, 6) is 1.36. The summed E-state index contributed by atoms with van der Waals surface area (Å²) in [7, 11) is 0. The summed E-state index contributed by atoms with van der Waals surface area (Å²) in [6.07, 6.45) is 17.1. The summed E-state index contributed by atoms with van der Waals surface area (Å²) in [4.78, 5) is 33.3. The van der Waals surface area contributed by atoms with Crippen LogP contribution in [-0.4, -0.2) is 33.7 Å². The molecule has 2 heterocycles. The third-order valence-corrected chi connectivity index (χ3v) is 10.2. The summed E-state index contributed by atoms with van der Waals surface area (Å²) in [5.41, 5.74) is 6.66. The standard InChI is InChI=1S/C31H36N4O3/c1-30-13-11-23(38-29(37)21-6-4-16-33-19-21)17-22(30)7-8-24-25-9-10-27(31(25,2)14-12-26(24)30)34-35-28(36)20-5-3-15-32-18-20/h3-7,15-16,18-19,23-26H,8-14,17H2,1-2H3,(H,35,36)/t23-,24-,25-,26+,30-,31-/m0/s1. The highest BCUT2D eigenvalue weighted by atomic mass is 16.5. The minimum absolute atomic E-state index is 0.0293. The second kappa shape index (κ2) is 9.75. The van der Waals surface area contributed by atoms with Gasteiger partial charge in [0.15, 0.2) is 0 Å². The Hall–Kier alpha value is -3.35. The molecule has 0 saturated heterocycles. The molecule has 6 atom stereocenters. The Balaban J connectivity index is 1.15. The van der Waals surface area contributed by atoms with Gasteiger partial charge in [0, 0.05) is 42.3 Å². The smallest absolute Gasteiger partial charge is 0.339 e. The van der Waals surface area contributed by atoms with Crippen molar-refractivity contribution in [2.75, 3.05) is 0 Å². The fraction of sp³-hybridized carbons (Fsp3) is 0.516. The second-order valence-corrected chi connectivity index (χ2v) is 12.0. The molecule has 3 fully saturated rings. The summed E-state index contributed by atoms with van der Waals surface area (Å²) < 4.78 is 5.91. The molecule has 2 aromatic rings. The van der Waals surface area contributed by atoms with Crippen molar-refractivity contribution in [2.24, 2.45) is 33.7 Å². The largest absolute Gasteiger partial charge is 0.458 e. The van der Waals surface area contributed by atoms with Gasteiger partial charge in [-0.1, -0.05) is 25.5 Å². The van der Waals surface area contributed by atoms with E-state index in [0.29, 0.717) is 28.9 Å². The van der Waals surface area contributed by atoms with Crippen molar-refractivity contribution in [1.82, 2.24) is 15.4 Å². The maximum Gasteiger partial charge on any atom is 0.339 e. The van der Waals surface area contributed by atoms with E-state index in [2.05, 4.69) is 40.4 Å². The van der Waals surface area contributed by atoms with Crippen LogP contribution in [0.25, 0.3) is 0 Å². The first kappa shape index (κ1) is 25.0. The summed E-state index contributed by atoms with van der Waals surface area (Å²) >= 11 is 0. The topological polar surface area (TPSA) is 93.5 Å². The van der Waals surface area contributed by atoms with Gasteiger partial charge >= 0.3 is 5.97 Å². The number of hydrazone groups is 1. The lowest BCUT2D eigenvalue weighted by atomic mass is 9.48. The number of rotatable bonds is 4. The van der Waals surface area contributed by atoms with E-state index in [0.717, 1.165) is 50.7 Å². The number of allylic oxidation sites excluding steroid dienone is 1. The van der Waals surface area contributed by atoms with Gasteiger partial charge in [-0.3, -0.25) is 14.8 Å². The lowest BCUT2D eigenvalue weighted by molar-refractivity contribution is -0.0285. The Morgan fingerprint density at radius 2 is 1.68 bits per heavy atom. The number of hydrogen-bond acceptors (Lipinski definition) is 6. The van der Waals surface area contributed by atoms with Crippen LogP contribution >= 0.6 is 0 Å². The highest BCUT2D eigenvalue weighted by molar-refractivity contribution is 5.97. The van der Waals surface area contributed by atoms with E-state index in [4.69, 9.17) is 4.74 Å². The number of ether oxygens (including phenoxy) is 1. The van der Waals surface area contributed by atoms with E-state index in [1.54, 1.807) is 49.1 Å². The van der Waals surface area contributed by atoms with Crippen LogP contribution in [0.5, 0.6) is 0 Å². The molecule has 0 aliphatic heterocycles. The lowest BCUT2D eigenvalue weighted by Gasteiger charge is -2.57. The van der Waals surface area contributed by atoms with Crippen LogP contribution in [0.3, 0.4) is 0 Å². The fourth-order valence-electron chi connectivity index (χ4n) is 8.08. The van der Waals surface area contributed by atoms with Crippen LogP contribution in [0.1, 0.15) is 85.9 Å². The normalized spacial score (nSPS) is 34.9. The minimum Gasteiger partial charge on any atom is -0.458 e. The van der Waals surface area contributed by atoms with Crippen molar-refractivity contribution in [3.8, 4) is 0 Å². The number of aromatic nitrogens is 2. The molecular formula is C31H36N4O3. The van der Waals surface area contributed by atoms with Crippen LogP contribution in [0.2, 0.25) is 0 Å². The van der Waals surface area contributed by atoms with Crippen LogP contribution in [0, 0.1) is 28.6 Å². The molecule has 3 saturated carbocycles. The zero-order valence-electron chi connectivity index (χ0n) is 22.2. The highest BCUT2D eigenvalue weighted by Gasteiger charge is 2.58. The Labute approximate surface area is 224 Å².